The molecule has 1 saturated heterocycles. The molecule has 130 valence electrons. The van der Waals surface area contributed by atoms with Gasteiger partial charge in [0.1, 0.15) is 6.04 Å². The number of hydrogen-bond acceptors (Lipinski definition) is 3. The quantitative estimate of drug-likeness (QED) is 0.804. The monoisotopic (exact) mass is 346 g/mol. The van der Waals surface area contributed by atoms with E-state index in [1.54, 1.807) is 16.7 Å². The van der Waals surface area contributed by atoms with Gasteiger partial charge in [-0.25, -0.2) is 0 Å². The number of nitrogens with one attached hydrogen (secondary N) is 1. The number of carbonyl (C=O) groups is 2. The summed E-state index contributed by atoms with van der Waals surface area (Å²) in [5, 5.41) is 3.04. The van der Waals surface area contributed by atoms with E-state index >= 15 is 0 Å². The molecule has 0 spiro atoms. The topological polar surface area (TPSA) is 49.4 Å². The summed E-state index contributed by atoms with van der Waals surface area (Å²) >= 11 is 1.65. The smallest absolute Gasteiger partial charge is 0.255 e. The van der Waals surface area contributed by atoms with Crippen LogP contribution in [0.1, 0.15) is 48.9 Å². The molecular formula is C19H26N2O2S. The largest absolute Gasteiger partial charge is 0.354 e. The average Bonchev–Trinajstić information content (AvgIpc) is 3.30. The predicted octanol–water partition coefficient (Wildman–Crippen LogP) is 3.29. The zero-order chi connectivity index (χ0) is 16.8. The van der Waals surface area contributed by atoms with Gasteiger partial charge in [0.15, 0.2) is 0 Å². The molecular weight excluding hydrogens is 320 g/mol. The van der Waals surface area contributed by atoms with E-state index in [4.69, 9.17) is 0 Å². The lowest BCUT2D eigenvalue weighted by atomic mass is 10.0. The molecule has 1 aliphatic heterocycles. The van der Waals surface area contributed by atoms with E-state index in [-0.39, 0.29) is 17.9 Å². The summed E-state index contributed by atoms with van der Waals surface area (Å²) in [4.78, 5) is 26.8. The minimum absolute atomic E-state index is 0.00398. The summed E-state index contributed by atoms with van der Waals surface area (Å²) in [6.45, 7) is 0.726. The molecule has 3 rings (SSSR count). The lowest BCUT2D eigenvalue weighted by Crippen LogP contribution is -2.47. The van der Waals surface area contributed by atoms with Crippen LogP contribution in [0.3, 0.4) is 0 Å². The first kappa shape index (κ1) is 17.3. The lowest BCUT2D eigenvalue weighted by molar-refractivity contribution is -0.124. The Bertz CT molecular complexity index is 558. The zero-order valence-electron chi connectivity index (χ0n) is 14.1. The van der Waals surface area contributed by atoms with Gasteiger partial charge in [0.2, 0.25) is 5.91 Å². The van der Waals surface area contributed by atoms with Crippen LogP contribution in [0.25, 0.3) is 0 Å². The van der Waals surface area contributed by atoms with Gasteiger partial charge in [-0.1, -0.05) is 43.9 Å². The van der Waals surface area contributed by atoms with Crippen molar-refractivity contribution in [2.45, 2.75) is 44.6 Å². The van der Waals surface area contributed by atoms with Crippen LogP contribution in [0.5, 0.6) is 0 Å². The molecule has 1 atom stereocenters. The van der Waals surface area contributed by atoms with E-state index in [9.17, 15) is 9.59 Å². The molecule has 0 radical (unpaired) electrons. The molecule has 5 heteroatoms. The molecule has 0 unspecified atom stereocenters. The molecule has 0 bridgehead atoms. The lowest BCUT2D eigenvalue weighted by Gasteiger charge is -2.23. The Labute approximate surface area is 148 Å². The van der Waals surface area contributed by atoms with Crippen LogP contribution in [0.4, 0.5) is 0 Å². The molecule has 24 heavy (non-hydrogen) atoms. The number of benzene rings is 1. The van der Waals surface area contributed by atoms with Crippen LogP contribution in [0, 0.1) is 5.92 Å². The highest BCUT2D eigenvalue weighted by atomic mass is 32.2. The Kier molecular flexibility index (Phi) is 6.18. The molecule has 0 aromatic heterocycles. The fraction of sp³-hybridized carbons (Fsp3) is 0.579. The summed E-state index contributed by atoms with van der Waals surface area (Å²) < 4.78 is 0. The van der Waals surface area contributed by atoms with Crippen LogP contribution >= 0.6 is 11.8 Å². The molecule has 1 aromatic rings. The molecule has 4 nitrogen and oxygen atoms in total. The van der Waals surface area contributed by atoms with E-state index in [1.165, 1.54) is 32.1 Å². The fourth-order valence-electron chi connectivity index (χ4n) is 3.63. The summed E-state index contributed by atoms with van der Waals surface area (Å²) in [6, 6.07) is 8.88. The highest BCUT2D eigenvalue weighted by molar-refractivity contribution is 7.99. The number of nitrogens with zero attached hydrogens (tertiary/aromatic N) is 1. The van der Waals surface area contributed by atoms with Gasteiger partial charge in [0, 0.05) is 17.9 Å². The van der Waals surface area contributed by atoms with E-state index in [0.29, 0.717) is 17.2 Å². The van der Waals surface area contributed by atoms with Crippen molar-refractivity contribution in [3.63, 3.8) is 0 Å². The average molecular weight is 346 g/mol. The van der Waals surface area contributed by atoms with Crippen molar-refractivity contribution in [2.24, 2.45) is 5.92 Å². The van der Waals surface area contributed by atoms with Gasteiger partial charge < -0.3 is 10.2 Å². The summed E-state index contributed by atoms with van der Waals surface area (Å²) in [6.07, 6.45) is 7.70. The molecule has 1 aromatic carbocycles. The van der Waals surface area contributed by atoms with Gasteiger partial charge >= 0.3 is 0 Å². The van der Waals surface area contributed by atoms with Crippen molar-refractivity contribution in [3.8, 4) is 0 Å². The standard InChI is InChI=1S/C19H26N2O2S/c22-18(20-12-6-9-15-7-4-5-8-15)17-13-24-14-21(17)19(23)16-10-2-1-3-11-16/h1-3,10-11,15,17H,4-9,12-14H2,(H,20,22)/t17-/m0/s1. The molecule has 1 aliphatic carbocycles. The van der Waals surface area contributed by atoms with Crippen LogP contribution in [-0.2, 0) is 4.79 Å². The van der Waals surface area contributed by atoms with Crippen LogP contribution < -0.4 is 5.32 Å². The van der Waals surface area contributed by atoms with E-state index in [0.717, 1.165) is 18.9 Å². The van der Waals surface area contributed by atoms with Gasteiger partial charge in [-0.15, -0.1) is 11.8 Å². The van der Waals surface area contributed by atoms with E-state index in [2.05, 4.69) is 5.32 Å². The van der Waals surface area contributed by atoms with Crippen molar-refractivity contribution in [3.05, 3.63) is 35.9 Å². The minimum Gasteiger partial charge on any atom is -0.354 e. The first-order chi connectivity index (χ1) is 11.8. The van der Waals surface area contributed by atoms with Crippen molar-refractivity contribution in [2.75, 3.05) is 18.2 Å². The second kappa shape index (κ2) is 8.56. The van der Waals surface area contributed by atoms with Crippen molar-refractivity contribution in [1.82, 2.24) is 10.2 Å². The highest BCUT2D eigenvalue weighted by Crippen LogP contribution is 2.28. The number of rotatable bonds is 6. The normalized spacial score (nSPS) is 21.2. The third-order valence-corrected chi connectivity index (χ3v) is 6.04. The van der Waals surface area contributed by atoms with Crippen LogP contribution in [-0.4, -0.2) is 40.9 Å². The summed E-state index contributed by atoms with van der Waals surface area (Å²) in [5.74, 6) is 2.09. The number of carbonyl (C=O) groups excluding carboxylic acids is 2. The Hall–Kier alpha value is -1.49. The van der Waals surface area contributed by atoms with E-state index in [1.807, 2.05) is 30.3 Å². The molecule has 1 saturated carbocycles. The van der Waals surface area contributed by atoms with Gasteiger partial charge in [-0.05, 0) is 30.9 Å². The highest BCUT2D eigenvalue weighted by Gasteiger charge is 2.34. The Morgan fingerprint density at radius 2 is 1.92 bits per heavy atom. The number of thioether (sulfide) groups is 1. The Morgan fingerprint density at radius 3 is 2.67 bits per heavy atom. The van der Waals surface area contributed by atoms with Crippen LogP contribution in [0.15, 0.2) is 30.3 Å². The third kappa shape index (κ3) is 4.32. The summed E-state index contributed by atoms with van der Waals surface area (Å²) in [7, 11) is 0. The van der Waals surface area contributed by atoms with E-state index < -0.39 is 0 Å². The maximum atomic E-state index is 12.6. The van der Waals surface area contributed by atoms with Crippen molar-refractivity contribution in [1.29, 1.82) is 0 Å². The van der Waals surface area contributed by atoms with Crippen LogP contribution in [0.2, 0.25) is 0 Å². The fourth-order valence-corrected chi connectivity index (χ4v) is 4.78. The molecule has 1 N–H and O–H groups in total. The molecule has 1 heterocycles. The molecule has 2 fully saturated rings. The van der Waals surface area contributed by atoms with Gasteiger partial charge in [0.05, 0.1) is 5.88 Å². The van der Waals surface area contributed by atoms with Crippen molar-refractivity contribution >= 4 is 23.6 Å². The predicted molar refractivity (Wildman–Crippen MR) is 97.9 cm³/mol. The minimum atomic E-state index is -0.339. The second-order valence-electron chi connectivity index (χ2n) is 6.74. The first-order valence-electron chi connectivity index (χ1n) is 8.97. The maximum absolute atomic E-state index is 12.6. The van der Waals surface area contributed by atoms with Gasteiger partial charge in [0.25, 0.3) is 5.91 Å². The first-order valence-corrected chi connectivity index (χ1v) is 10.1. The summed E-state index contributed by atoms with van der Waals surface area (Å²) in [5.41, 5.74) is 0.652. The maximum Gasteiger partial charge on any atom is 0.255 e. The Balaban J connectivity index is 1.47. The molecule has 2 amide bonds. The van der Waals surface area contributed by atoms with Gasteiger partial charge in [-0.2, -0.15) is 0 Å². The third-order valence-electron chi connectivity index (χ3n) is 5.03. The number of amides is 2. The van der Waals surface area contributed by atoms with Crippen molar-refractivity contribution < 1.29 is 9.59 Å². The number of hydrogen-bond donors (Lipinski definition) is 1. The van der Waals surface area contributed by atoms with Gasteiger partial charge in [-0.3, -0.25) is 9.59 Å². The molecule has 2 aliphatic rings. The zero-order valence-corrected chi connectivity index (χ0v) is 14.9. The second-order valence-corrected chi connectivity index (χ2v) is 7.74. The Morgan fingerprint density at radius 1 is 1.17 bits per heavy atom. The SMILES string of the molecule is O=C(NCCCC1CCCC1)[C@@H]1CSCN1C(=O)c1ccccc1.